The molecule has 24 heavy (non-hydrogen) atoms. The van der Waals surface area contributed by atoms with Gasteiger partial charge in [0.2, 0.25) is 0 Å². The zero-order valence-corrected chi connectivity index (χ0v) is 14.1. The van der Waals surface area contributed by atoms with Gasteiger partial charge >= 0.3 is 0 Å². The highest BCUT2D eigenvalue weighted by atomic mass is 35.5. The van der Waals surface area contributed by atoms with Crippen molar-refractivity contribution in [2.75, 3.05) is 7.05 Å². The number of carbonyl (C=O) groups excluding carboxylic acids is 1. The lowest BCUT2D eigenvalue weighted by molar-refractivity contribution is 0.0784. The molecule has 120 valence electrons. The van der Waals surface area contributed by atoms with Gasteiger partial charge in [-0.3, -0.25) is 4.79 Å². The van der Waals surface area contributed by atoms with E-state index in [9.17, 15) is 4.79 Å². The third-order valence-electron chi connectivity index (χ3n) is 3.80. The summed E-state index contributed by atoms with van der Waals surface area (Å²) in [5, 5.41) is 0.380. The van der Waals surface area contributed by atoms with E-state index in [0.29, 0.717) is 17.3 Å². The Bertz CT molecular complexity index is 815. The second-order valence-corrected chi connectivity index (χ2v) is 5.98. The monoisotopic (exact) mass is 336 g/mol. The maximum absolute atomic E-state index is 12.4. The van der Waals surface area contributed by atoms with Crippen molar-refractivity contribution in [3.8, 4) is 11.1 Å². The van der Waals surface area contributed by atoms with E-state index >= 15 is 0 Å². The van der Waals surface area contributed by atoms with Crippen LogP contribution in [0.1, 0.15) is 15.9 Å². The first kappa shape index (κ1) is 16.2. The molecule has 0 saturated carbocycles. The van der Waals surface area contributed by atoms with E-state index in [2.05, 4.69) is 29.2 Å². The highest BCUT2D eigenvalue weighted by Crippen LogP contribution is 2.20. The molecule has 0 atom stereocenters. The van der Waals surface area contributed by atoms with Gasteiger partial charge in [-0.2, -0.15) is 0 Å². The fraction of sp³-hybridized carbons (Fsp3) is 0.100. The van der Waals surface area contributed by atoms with Crippen LogP contribution in [0, 0.1) is 0 Å². The number of hydrogen-bond donors (Lipinski definition) is 0. The van der Waals surface area contributed by atoms with Crippen LogP contribution < -0.4 is 0 Å². The number of benzene rings is 2. The van der Waals surface area contributed by atoms with E-state index < -0.39 is 0 Å². The maximum atomic E-state index is 12.4. The van der Waals surface area contributed by atoms with Crippen molar-refractivity contribution in [2.24, 2.45) is 0 Å². The number of hydrogen-bond acceptors (Lipinski definition) is 2. The third-order valence-corrected chi connectivity index (χ3v) is 4.03. The molecule has 2 aromatic carbocycles. The van der Waals surface area contributed by atoms with Crippen LogP contribution in [-0.2, 0) is 6.54 Å². The van der Waals surface area contributed by atoms with E-state index in [4.69, 9.17) is 11.6 Å². The molecular formula is C20H17ClN2O. The van der Waals surface area contributed by atoms with Gasteiger partial charge in [-0.05, 0) is 28.8 Å². The van der Waals surface area contributed by atoms with Crippen LogP contribution in [0.5, 0.6) is 0 Å². The minimum Gasteiger partial charge on any atom is -0.337 e. The van der Waals surface area contributed by atoms with E-state index in [1.807, 2.05) is 30.3 Å². The first-order valence-corrected chi connectivity index (χ1v) is 8.02. The SMILES string of the molecule is CN(Cc1ccc(-c2ccccc2)cc1)C(=O)c1ccc(Cl)nc1. The first-order chi connectivity index (χ1) is 11.6. The van der Waals surface area contributed by atoms with Crippen LogP contribution in [0.4, 0.5) is 0 Å². The molecule has 0 unspecified atom stereocenters. The van der Waals surface area contributed by atoms with Crippen molar-refractivity contribution in [3.05, 3.63) is 89.2 Å². The molecule has 3 nitrogen and oxygen atoms in total. The second kappa shape index (κ2) is 7.28. The fourth-order valence-electron chi connectivity index (χ4n) is 2.50. The largest absolute Gasteiger partial charge is 0.337 e. The number of nitrogens with zero attached hydrogens (tertiary/aromatic N) is 2. The molecule has 0 bridgehead atoms. The molecule has 0 fully saturated rings. The Kier molecular flexibility index (Phi) is 4.92. The lowest BCUT2D eigenvalue weighted by atomic mass is 10.0. The fourth-order valence-corrected chi connectivity index (χ4v) is 2.61. The Morgan fingerprint density at radius 1 is 0.958 bits per heavy atom. The molecule has 4 heteroatoms. The Labute approximate surface area is 146 Å². The van der Waals surface area contributed by atoms with Crippen LogP contribution in [0.25, 0.3) is 11.1 Å². The maximum Gasteiger partial charge on any atom is 0.255 e. The van der Waals surface area contributed by atoms with Crippen molar-refractivity contribution in [1.82, 2.24) is 9.88 Å². The van der Waals surface area contributed by atoms with E-state index in [1.165, 1.54) is 11.8 Å². The molecule has 0 aliphatic heterocycles. The molecule has 1 amide bonds. The zero-order chi connectivity index (χ0) is 16.9. The second-order valence-electron chi connectivity index (χ2n) is 5.59. The van der Waals surface area contributed by atoms with Gasteiger partial charge in [-0.25, -0.2) is 4.98 Å². The molecule has 0 N–H and O–H groups in total. The smallest absolute Gasteiger partial charge is 0.255 e. The summed E-state index contributed by atoms with van der Waals surface area (Å²) in [6.07, 6.45) is 1.50. The van der Waals surface area contributed by atoms with Gasteiger partial charge < -0.3 is 4.90 Å². The minimum absolute atomic E-state index is 0.0775. The lowest BCUT2D eigenvalue weighted by Gasteiger charge is -2.17. The number of aromatic nitrogens is 1. The molecule has 0 aliphatic rings. The lowest BCUT2D eigenvalue weighted by Crippen LogP contribution is -2.26. The molecule has 3 aromatic rings. The molecule has 3 rings (SSSR count). The number of halogens is 1. The van der Waals surface area contributed by atoms with Gasteiger partial charge in [0.15, 0.2) is 0 Å². The number of carbonyl (C=O) groups is 1. The van der Waals surface area contributed by atoms with Crippen LogP contribution >= 0.6 is 11.6 Å². The first-order valence-electron chi connectivity index (χ1n) is 7.65. The van der Waals surface area contributed by atoms with Gasteiger partial charge in [0.25, 0.3) is 5.91 Å². The van der Waals surface area contributed by atoms with E-state index in [-0.39, 0.29) is 5.91 Å². The number of amides is 1. The average molecular weight is 337 g/mol. The third kappa shape index (κ3) is 3.81. The zero-order valence-electron chi connectivity index (χ0n) is 13.3. The Balaban J connectivity index is 1.69. The molecule has 1 aromatic heterocycles. The van der Waals surface area contributed by atoms with Gasteiger partial charge in [0.1, 0.15) is 5.15 Å². The van der Waals surface area contributed by atoms with Crippen molar-refractivity contribution < 1.29 is 4.79 Å². The van der Waals surface area contributed by atoms with Crippen molar-refractivity contribution in [1.29, 1.82) is 0 Å². The van der Waals surface area contributed by atoms with Gasteiger partial charge in [0, 0.05) is 19.8 Å². The Morgan fingerprint density at radius 2 is 1.62 bits per heavy atom. The van der Waals surface area contributed by atoms with Gasteiger partial charge in [-0.15, -0.1) is 0 Å². The average Bonchev–Trinajstić information content (AvgIpc) is 2.63. The molecule has 0 aliphatic carbocycles. The van der Waals surface area contributed by atoms with Crippen molar-refractivity contribution in [2.45, 2.75) is 6.54 Å². The van der Waals surface area contributed by atoms with Crippen LogP contribution in [0.2, 0.25) is 5.15 Å². The van der Waals surface area contributed by atoms with Gasteiger partial charge in [-0.1, -0.05) is 66.2 Å². The van der Waals surface area contributed by atoms with Crippen LogP contribution in [-0.4, -0.2) is 22.8 Å². The molecule has 1 heterocycles. The summed E-state index contributed by atoms with van der Waals surface area (Å²) in [4.78, 5) is 18.0. The summed E-state index contributed by atoms with van der Waals surface area (Å²) in [5.41, 5.74) is 3.95. The Hall–Kier alpha value is -2.65. The summed E-state index contributed by atoms with van der Waals surface area (Å²) in [6, 6.07) is 21.8. The normalized spacial score (nSPS) is 10.4. The van der Waals surface area contributed by atoms with Crippen LogP contribution in [0.15, 0.2) is 72.9 Å². The summed E-state index contributed by atoms with van der Waals surface area (Å²) < 4.78 is 0. The quantitative estimate of drug-likeness (QED) is 0.648. The van der Waals surface area contributed by atoms with E-state index in [0.717, 1.165) is 11.1 Å². The van der Waals surface area contributed by atoms with Crippen LogP contribution in [0.3, 0.4) is 0 Å². The summed E-state index contributed by atoms with van der Waals surface area (Å²) in [5.74, 6) is -0.0775. The van der Waals surface area contributed by atoms with Crippen molar-refractivity contribution in [3.63, 3.8) is 0 Å². The summed E-state index contributed by atoms with van der Waals surface area (Å²) in [6.45, 7) is 0.538. The molecule has 0 saturated heterocycles. The van der Waals surface area contributed by atoms with Crippen molar-refractivity contribution >= 4 is 17.5 Å². The number of pyridine rings is 1. The highest BCUT2D eigenvalue weighted by molar-refractivity contribution is 6.29. The summed E-state index contributed by atoms with van der Waals surface area (Å²) >= 11 is 5.76. The molecule has 0 spiro atoms. The van der Waals surface area contributed by atoms with E-state index in [1.54, 1.807) is 24.1 Å². The van der Waals surface area contributed by atoms with Gasteiger partial charge in [0.05, 0.1) is 5.56 Å². The number of rotatable bonds is 4. The Morgan fingerprint density at radius 3 is 2.25 bits per heavy atom. The predicted molar refractivity (Wildman–Crippen MR) is 96.9 cm³/mol. The minimum atomic E-state index is -0.0775. The standard InChI is InChI=1S/C20H17ClN2O/c1-23(20(24)18-11-12-19(21)22-13-18)14-15-7-9-17(10-8-15)16-5-3-2-4-6-16/h2-13H,14H2,1H3. The summed E-state index contributed by atoms with van der Waals surface area (Å²) in [7, 11) is 1.78. The molecule has 0 radical (unpaired) electrons. The highest BCUT2D eigenvalue weighted by Gasteiger charge is 2.12. The predicted octanol–water partition coefficient (Wildman–Crippen LogP) is 4.67. The molecular weight excluding hydrogens is 320 g/mol. The topological polar surface area (TPSA) is 33.2 Å².